The minimum absolute atomic E-state index is 0.146. The largest absolute Gasteiger partial charge is 0.348 e. The van der Waals surface area contributed by atoms with Gasteiger partial charge in [-0.1, -0.05) is 24.3 Å². The van der Waals surface area contributed by atoms with Crippen LogP contribution in [-0.4, -0.2) is 25.2 Å². The van der Waals surface area contributed by atoms with Crippen molar-refractivity contribution in [2.75, 3.05) is 0 Å². The van der Waals surface area contributed by atoms with Crippen LogP contribution in [0.2, 0.25) is 0 Å². The number of carbonyl (C=O) groups is 1. The molecule has 0 saturated heterocycles. The number of halogens is 1. The van der Waals surface area contributed by atoms with Crippen molar-refractivity contribution in [1.29, 1.82) is 0 Å². The number of aryl methyl sites for hydroxylation is 1. The topological polar surface area (TPSA) is 64.7 Å². The monoisotopic (exact) mass is 403 g/mol. The van der Waals surface area contributed by atoms with Gasteiger partial charge in [0.2, 0.25) is 0 Å². The molecule has 7 heteroatoms. The minimum Gasteiger partial charge on any atom is -0.348 e. The molecule has 4 rings (SSSR count). The molecule has 152 valence electrons. The number of hydrogen-bond donors (Lipinski definition) is 1. The smallest absolute Gasteiger partial charge is 0.253 e. The number of benzene rings is 2. The summed E-state index contributed by atoms with van der Waals surface area (Å²) in [5.74, 6) is -0.434. The summed E-state index contributed by atoms with van der Waals surface area (Å²) in [5.41, 5.74) is 5.24. The molecule has 0 fully saturated rings. The molecule has 4 aromatic rings. The Hall–Kier alpha value is -3.74. The predicted molar refractivity (Wildman–Crippen MR) is 112 cm³/mol. The maximum Gasteiger partial charge on any atom is 0.253 e. The van der Waals surface area contributed by atoms with E-state index in [1.807, 2.05) is 48.7 Å². The highest BCUT2D eigenvalue weighted by atomic mass is 19.1. The van der Waals surface area contributed by atoms with Crippen molar-refractivity contribution in [3.05, 3.63) is 101 Å². The van der Waals surface area contributed by atoms with Gasteiger partial charge in [-0.25, -0.2) is 14.1 Å². The van der Waals surface area contributed by atoms with E-state index >= 15 is 0 Å². The van der Waals surface area contributed by atoms with Crippen LogP contribution in [0.3, 0.4) is 0 Å². The highest BCUT2D eigenvalue weighted by Gasteiger charge is 2.17. The van der Waals surface area contributed by atoms with E-state index in [2.05, 4.69) is 15.4 Å². The first kappa shape index (κ1) is 19.6. The van der Waals surface area contributed by atoms with Gasteiger partial charge in [0.25, 0.3) is 5.91 Å². The lowest BCUT2D eigenvalue weighted by atomic mass is 10.1. The SMILES string of the molecule is Cc1cc(C(=O)NCc2ccccc2Cn2cncn2)c(C)n1-c1ccc(F)cc1. The van der Waals surface area contributed by atoms with Gasteiger partial charge in [-0.05, 0) is 55.3 Å². The van der Waals surface area contributed by atoms with Gasteiger partial charge >= 0.3 is 0 Å². The number of rotatable bonds is 6. The van der Waals surface area contributed by atoms with Gasteiger partial charge in [-0.3, -0.25) is 4.79 Å². The van der Waals surface area contributed by atoms with Crippen LogP contribution in [0.4, 0.5) is 4.39 Å². The van der Waals surface area contributed by atoms with Crippen LogP contribution in [0.25, 0.3) is 5.69 Å². The summed E-state index contributed by atoms with van der Waals surface area (Å²) in [6, 6.07) is 16.0. The molecule has 0 aliphatic carbocycles. The van der Waals surface area contributed by atoms with Crippen molar-refractivity contribution in [3.8, 4) is 5.69 Å². The number of nitrogens with one attached hydrogen (secondary N) is 1. The molecule has 1 amide bonds. The van der Waals surface area contributed by atoms with Crippen molar-refractivity contribution < 1.29 is 9.18 Å². The Balaban J connectivity index is 1.52. The van der Waals surface area contributed by atoms with Crippen LogP contribution in [0.5, 0.6) is 0 Å². The quantitative estimate of drug-likeness (QED) is 0.533. The number of carbonyl (C=O) groups excluding carboxylic acids is 1. The second kappa shape index (κ2) is 8.32. The number of amides is 1. The van der Waals surface area contributed by atoms with Crippen LogP contribution in [-0.2, 0) is 13.1 Å². The summed E-state index contributed by atoms with van der Waals surface area (Å²) in [4.78, 5) is 16.9. The lowest BCUT2D eigenvalue weighted by Crippen LogP contribution is -2.24. The van der Waals surface area contributed by atoms with Crippen LogP contribution >= 0.6 is 0 Å². The molecule has 2 aromatic carbocycles. The second-order valence-corrected chi connectivity index (χ2v) is 7.14. The molecular weight excluding hydrogens is 381 g/mol. The summed E-state index contributed by atoms with van der Waals surface area (Å²) in [7, 11) is 0. The van der Waals surface area contributed by atoms with Crippen molar-refractivity contribution in [2.45, 2.75) is 26.9 Å². The molecule has 0 saturated carbocycles. The molecule has 1 N–H and O–H groups in total. The lowest BCUT2D eigenvalue weighted by molar-refractivity contribution is 0.0950. The third kappa shape index (κ3) is 4.00. The highest BCUT2D eigenvalue weighted by Crippen LogP contribution is 2.21. The second-order valence-electron chi connectivity index (χ2n) is 7.14. The minimum atomic E-state index is -0.288. The van der Waals surface area contributed by atoms with Crippen LogP contribution in [0.15, 0.2) is 67.3 Å². The van der Waals surface area contributed by atoms with Crippen molar-refractivity contribution in [1.82, 2.24) is 24.6 Å². The van der Waals surface area contributed by atoms with Crippen molar-refractivity contribution in [3.63, 3.8) is 0 Å². The molecular formula is C23H22FN5O. The lowest BCUT2D eigenvalue weighted by Gasteiger charge is -2.12. The van der Waals surface area contributed by atoms with E-state index in [0.29, 0.717) is 18.7 Å². The van der Waals surface area contributed by atoms with Crippen molar-refractivity contribution in [2.24, 2.45) is 0 Å². The zero-order valence-electron chi connectivity index (χ0n) is 16.8. The van der Waals surface area contributed by atoms with Gasteiger partial charge in [0, 0.05) is 23.6 Å². The van der Waals surface area contributed by atoms with E-state index in [1.54, 1.807) is 23.1 Å². The molecule has 2 aromatic heterocycles. The van der Waals surface area contributed by atoms with E-state index in [9.17, 15) is 9.18 Å². The molecule has 2 heterocycles. The summed E-state index contributed by atoms with van der Waals surface area (Å²) in [6.07, 6.45) is 3.17. The molecule has 0 atom stereocenters. The number of aromatic nitrogens is 4. The van der Waals surface area contributed by atoms with Crippen LogP contribution in [0, 0.1) is 19.7 Å². The van der Waals surface area contributed by atoms with Gasteiger partial charge in [0.1, 0.15) is 18.5 Å². The molecule has 30 heavy (non-hydrogen) atoms. The van der Waals surface area contributed by atoms with E-state index in [-0.39, 0.29) is 11.7 Å². The Morgan fingerprint density at radius 2 is 1.80 bits per heavy atom. The third-order valence-corrected chi connectivity index (χ3v) is 5.12. The fourth-order valence-electron chi connectivity index (χ4n) is 3.62. The Labute approximate surface area is 174 Å². The number of hydrogen-bond acceptors (Lipinski definition) is 3. The van der Waals surface area contributed by atoms with Gasteiger partial charge in [0.15, 0.2) is 0 Å². The Kier molecular flexibility index (Phi) is 5.43. The molecule has 0 unspecified atom stereocenters. The van der Waals surface area contributed by atoms with Gasteiger partial charge in [0.05, 0.1) is 12.1 Å². The fraction of sp³-hybridized carbons (Fsp3) is 0.174. The van der Waals surface area contributed by atoms with Gasteiger partial charge < -0.3 is 9.88 Å². The van der Waals surface area contributed by atoms with Crippen LogP contribution in [0.1, 0.15) is 32.9 Å². The van der Waals surface area contributed by atoms with Crippen LogP contribution < -0.4 is 5.32 Å². The third-order valence-electron chi connectivity index (χ3n) is 5.12. The maximum atomic E-state index is 13.3. The Bertz CT molecular complexity index is 1160. The molecule has 6 nitrogen and oxygen atoms in total. The van der Waals surface area contributed by atoms with Gasteiger partial charge in [-0.2, -0.15) is 5.10 Å². The first-order valence-electron chi connectivity index (χ1n) is 9.65. The zero-order chi connectivity index (χ0) is 21.1. The predicted octanol–water partition coefficient (Wildman–Crippen LogP) is 3.80. The van der Waals surface area contributed by atoms with E-state index in [0.717, 1.165) is 28.2 Å². The summed E-state index contributed by atoms with van der Waals surface area (Å²) in [5, 5.41) is 7.17. The zero-order valence-corrected chi connectivity index (χ0v) is 16.8. The van der Waals surface area contributed by atoms with Crippen molar-refractivity contribution >= 4 is 5.91 Å². The average molecular weight is 403 g/mol. The Morgan fingerprint density at radius 3 is 2.50 bits per heavy atom. The van der Waals surface area contributed by atoms with E-state index < -0.39 is 0 Å². The summed E-state index contributed by atoms with van der Waals surface area (Å²) in [6.45, 7) is 4.82. The maximum absolute atomic E-state index is 13.3. The first-order valence-corrected chi connectivity index (χ1v) is 9.65. The van der Waals surface area contributed by atoms with E-state index in [1.165, 1.54) is 18.5 Å². The first-order chi connectivity index (χ1) is 14.5. The Morgan fingerprint density at radius 1 is 1.07 bits per heavy atom. The normalized spacial score (nSPS) is 10.9. The fourth-order valence-corrected chi connectivity index (χ4v) is 3.62. The molecule has 0 bridgehead atoms. The average Bonchev–Trinajstić information content (AvgIpc) is 3.35. The highest BCUT2D eigenvalue weighted by molar-refractivity contribution is 5.95. The summed E-state index contributed by atoms with van der Waals surface area (Å²) >= 11 is 0. The summed E-state index contributed by atoms with van der Waals surface area (Å²) < 4.78 is 17.0. The molecule has 0 radical (unpaired) electrons. The standard InChI is InChI=1S/C23H22FN5O/c1-16-11-22(17(2)29(16)21-9-7-20(24)8-10-21)23(30)26-12-18-5-3-4-6-19(18)13-28-15-25-14-27-28/h3-11,14-15H,12-13H2,1-2H3,(H,26,30). The van der Waals surface area contributed by atoms with E-state index in [4.69, 9.17) is 0 Å². The molecule has 0 spiro atoms. The molecule has 0 aliphatic rings. The molecule has 0 aliphatic heterocycles. The number of nitrogens with zero attached hydrogens (tertiary/aromatic N) is 4. The van der Waals surface area contributed by atoms with Gasteiger partial charge in [-0.15, -0.1) is 0 Å².